The van der Waals surface area contributed by atoms with Crippen LogP contribution in [-0.4, -0.2) is 46.7 Å². The minimum absolute atomic E-state index is 0.00766. The van der Waals surface area contributed by atoms with Crippen LogP contribution in [0.1, 0.15) is 22.6 Å². The predicted octanol–water partition coefficient (Wildman–Crippen LogP) is 6.08. The number of carboxylic acid groups (broad SMARTS) is 1. The first-order valence-corrected chi connectivity index (χ1v) is 13.6. The lowest BCUT2D eigenvalue weighted by Gasteiger charge is -2.17. The first-order chi connectivity index (χ1) is 20.5. The molecule has 1 atom stereocenters. The van der Waals surface area contributed by atoms with Gasteiger partial charge in [0, 0.05) is 29.7 Å². The van der Waals surface area contributed by atoms with Crippen molar-refractivity contribution in [1.82, 2.24) is 15.1 Å². The third-order valence-corrected chi connectivity index (χ3v) is 7.53. The standard InChI is InChI=1S/C34H29N3O5/c1-41-25-17-15-22(16-18-25)32-23(20-37(36-32)24-9-3-2-4-10-24)19-31(33(38)39)35-34(40)42-21-30-28-13-7-5-11-26(28)27-12-6-8-14-29(27)30/h2-18,20,30-31H,19,21H2,1H3,(H,35,40)(H,38,39). The van der Waals surface area contributed by atoms with Crippen LogP contribution in [0.4, 0.5) is 4.79 Å². The number of nitrogens with one attached hydrogen (secondary N) is 1. The molecule has 0 saturated carbocycles. The number of benzene rings is 4. The highest BCUT2D eigenvalue weighted by molar-refractivity contribution is 5.81. The molecular formula is C34H29N3O5. The van der Waals surface area contributed by atoms with E-state index in [9.17, 15) is 14.7 Å². The number of amides is 1. The molecule has 1 aromatic heterocycles. The number of carbonyl (C=O) groups excluding carboxylic acids is 1. The van der Waals surface area contributed by atoms with Crippen molar-refractivity contribution in [2.24, 2.45) is 0 Å². The molecule has 1 heterocycles. The number of hydrogen-bond acceptors (Lipinski definition) is 5. The lowest BCUT2D eigenvalue weighted by Crippen LogP contribution is -2.43. The molecule has 4 aromatic carbocycles. The van der Waals surface area contributed by atoms with Gasteiger partial charge in [-0.3, -0.25) is 0 Å². The predicted molar refractivity (Wildman–Crippen MR) is 159 cm³/mol. The van der Waals surface area contributed by atoms with Gasteiger partial charge >= 0.3 is 12.1 Å². The number of carbonyl (C=O) groups is 2. The van der Waals surface area contributed by atoms with Gasteiger partial charge in [-0.25, -0.2) is 14.3 Å². The van der Waals surface area contributed by atoms with Gasteiger partial charge in [-0.15, -0.1) is 0 Å². The van der Waals surface area contributed by atoms with Gasteiger partial charge in [0.1, 0.15) is 18.4 Å². The molecular weight excluding hydrogens is 530 g/mol. The van der Waals surface area contributed by atoms with E-state index in [1.54, 1.807) is 18.0 Å². The zero-order valence-electron chi connectivity index (χ0n) is 22.9. The summed E-state index contributed by atoms with van der Waals surface area (Å²) in [5.41, 5.74) is 7.30. The van der Waals surface area contributed by atoms with E-state index in [4.69, 9.17) is 14.6 Å². The van der Waals surface area contributed by atoms with Crippen molar-refractivity contribution in [3.63, 3.8) is 0 Å². The van der Waals surface area contributed by atoms with E-state index >= 15 is 0 Å². The van der Waals surface area contributed by atoms with Gasteiger partial charge in [0.25, 0.3) is 0 Å². The second-order valence-corrected chi connectivity index (χ2v) is 10.1. The van der Waals surface area contributed by atoms with Crippen LogP contribution in [0, 0.1) is 0 Å². The number of para-hydroxylation sites is 1. The summed E-state index contributed by atoms with van der Waals surface area (Å²) in [7, 11) is 1.59. The van der Waals surface area contributed by atoms with Crippen molar-refractivity contribution < 1.29 is 24.2 Å². The van der Waals surface area contributed by atoms with E-state index < -0.39 is 18.1 Å². The highest BCUT2D eigenvalue weighted by atomic mass is 16.5. The van der Waals surface area contributed by atoms with E-state index in [1.807, 2.05) is 91.0 Å². The number of hydrogen-bond donors (Lipinski definition) is 2. The van der Waals surface area contributed by atoms with Crippen molar-refractivity contribution >= 4 is 12.1 Å². The number of ether oxygens (including phenoxy) is 2. The lowest BCUT2D eigenvalue weighted by atomic mass is 9.98. The smallest absolute Gasteiger partial charge is 0.407 e. The zero-order valence-corrected chi connectivity index (χ0v) is 22.9. The summed E-state index contributed by atoms with van der Waals surface area (Å²) in [6.45, 7) is 0.0925. The van der Waals surface area contributed by atoms with Gasteiger partial charge in [0.05, 0.1) is 18.5 Å². The Kier molecular flexibility index (Phi) is 7.43. The van der Waals surface area contributed by atoms with E-state index in [0.717, 1.165) is 33.5 Å². The Morgan fingerprint density at radius 3 is 2.12 bits per heavy atom. The number of methoxy groups -OCH3 is 1. The number of nitrogens with zero attached hydrogens (tertiary/aromatic N) is 2. The van der Waals surface area contributed by atoms with Crippen LogP contribution >= 0.6 is 0 Å². The maximum Gasteiger partial charge on any atom is 0.407 e. The van der Waals surface area contributed by atoms with Crippen molar-refractivity contribution in [2.45, 2.75) is 18.4 Å². The largest absolute Gasteiger partial charge is 0.497 e. The van der Waals surface area contributed by atoms with E-state index in [0.29, 0.717) is 17.0 Å². The van der Waals surface area contributed by atoms with Gasteiger partial charge in [-0.05, 0) is 58.7 Å². The molecule has 0 aliphatic heterocycles. The molecule has 1 amide bonds. The third-order valence-electron chi connectivity index (χ3n) is 7.53. The first-order valence-electron chi connectivity index (χ1n) is 13.6. The average Bonchev–Trinajstić information content (AvgIpc) is 3.59. The second kappa shape index (κ2) is 11.6. The molecule has 8 nitrogen and oxygen atoms in total. The highest BCUT2D eigenvalue weighted by Crippen LogP contribution is 2.44. The topological polar surface area (TPSA) is 103 Å². The Morgan fingerprint density at radius 1 is 0.881 bits per heavy atom. The number of alkyl carbamates (subject to hydrolysis) is 1. The van der Waals surface area contributed by atoms with Crippen LogP contribution < -0.4 is 10.1 Å². The molecule has 0 bridgehead atoms. The van der Waals surface area contributed by atoms with E-state index in [2.05, 4.69) is 17.4 Å². The Balaban J connectivity index is 1.21. The van der Waals surface area contributed by atoms with Gasteiger partial charge < -0.3 is 19.9 Å². The summed E-state index contributed by atoms with van der Waals surface area (Å²) in [4.78, 5) is 25.3. The van der Waals surface area contributed by atoms with Crippen LogP contribution in [-0.2, 0) is 16.0 Å². The number of aromatic nitrogens is 2. The fourth-order valence-electron chi connectivity index (χ4n) is 5.47. The van der Waals surface area contributed by atoms with Crippen molar-refractivity contribution in [2.75, 3.05) is 13.7 Å². The minimum Gasteiger partial charge on any atom is -0.497 e. The molecule has 1 aliphatic rings. The quantitative estimate of drug-likeness (QED) is 0.227. The van der Waals surface area contributed by atoms with Crippen molar-refractivity contribution in [3.05, 3.63) is 126 Å². The monoisotopic (exact) mass is 559 g/mol. The Hall–Kier alpha value is -5.37. The van der Waals surface area contributed by atoms with Crippen molar-refractivity contribution in [1.29, 1.82) is 0 Å². The first kappa shape index (κ1) is 26.8. The summed E-state index contributed by atoms with van der Waals surface area (Å²) in [5, 5.41) is 17.4. The van der Waals surface area contributed by atoms with Crippen LogP contribution in [0.2, 0.25) is 0 Å². The molecule has 0 fully saturated rings. The molecule has 42 heavy (non-hydrogen) atoms. The van der Waals surface area contributed by atoms with E-state index in [1.165, 1.54) is 0 Å². The average molecular weight is 560 g/mol. The summed E-state index contributed by atoms with van der Waals surface area (Å²) >= 11 is 0. The van der Waals surface area contributed by atoms with Crippen LogP contribution in [0.3, 0.4) is 0 Å². The summed E-state index contributed by atoms with van der Waals surface area (Å²) in [6.07, 6.45) is 1.02. The van der Waals surface area contributed by atoms with Crippen LogP contribution in [0.15, 0.2) is 109 Å². The molecule has 2 N–H and O–H groups in total. The highest BCUT2D eigenvalue weighted by Gasteiger charge is 2.30. The fourth-order valence-corrected chi connectivity index (χ4v) is 5.47. The van der Waals surface area contributed by atoms with Gasteiger partial charge in [0.2, 0.25) is 0 Å². The number of aliphatic carboxylic acids is 1. The van der Waals surface area contributed by atoms with Crippen LogP contribution in [0.5, 0.6) is 5.75 Å². The molecule has 5 aromatic rings. The molecule has 6 rings (SSSR count). The van der Waals surface area contributed by atoms with Crippen LogP contribution in [0.25, 0.3) is 28.1 Å². The van der Waals surface area contributed by atoms with Gasteiger partial charge in [-0.1, -0.05) is 66.7 Å². The summed E-state index contributed by atoms with van der Waals surface area (Å²) in [5.74, 6) is -0.600. The maximum absolute atomic E-state index is 12.9. The Labute approximate surface area is 243 Å². The van der Waals surface area contributed by atoms with Gasteiger partial charge in [0.15, 0.2) is 0 Å². The Bertz CT molecular complexity index is 1680. The lowest BCUT2D eigenvalue weighted by molar-refractivity contribution is -0.139. The minimum atomic E-state index is -1.23. The molecule has 1 aliphatic carbocycles. The Morgan fingerprint density at radius 2 is 1.50 bits per heavy atom. The number of fused-ring (bicyclic) bond motifs is 3. The fraction of sp³-hybridized carbons (Fsp3) is 0.147. The molecule has 8 heteroatoms. The molecule has 0 radical (unpaired) electrons. The number of rotatable bonds is 9. The molecule has 0 saturated heterocycles. The normalized spacial score (nSPS) is 12.7. The molecule has 1 unspecified atom stereocenters. The second-order valence-electron chi connectivity index (χ2n) is 10.1. The number of carboxylic acids is 1. The van der Waals surface area contributed by atoms with E-state index in [-0.39, 0.29) is 18.9 Å². The van der Waals surface area contributed by atoms with Gasteiger partial charge in [-0.2, -0.15) is 5.10 Å². The van der Waals surface area contributed by atoms with Crippen molar-refractivity contribution in [3.8, 4) is 33.8 Å². The SMILES string of the molecule is COc1ccc(-c2nn(-c3ccccc3)cc2CC(NC(=O)OCC2c3ccccc3-c3ccccc32)C(=O)O)cc1. The zero-order chi connectivity index (χ0) is 29.1. The molecule has 0 spiro atoms. The molecule has 210 valence electrons. The summed E-state index contributed by atoms with van der Waals surface area (Å²) < 4.78 is 12.6. The maximum atomic E-state index is 12.9. The third kappa shape index (κ3) is 5.34. The summed E-state index contributed by atoms with van der Waals surface area (Å²) in [6, 6.07) is 31.8.